The lowest BCUT2D eigenvalue weighted by molar-refractivity contribution is -0.139. The summed E-state index contributed by atoms with van der Waals surface area (Å²) in [5, 5.41) is 13.9. The Kier molecular flexibility index (Phi) is 5.19. The number of nitrogens with one attached hydrogen (secondary N) is 1. The molecule has 0 unspecified atom stereocenters. The molecule has 1 amide bonds. The van der Waals surface area contributed by atoms with Gasteiger partial charge in [0.2, 0.25) is 0 Å². The van der Waals surface area contributed by atoms with Crippen molar-refractivity contribution in [2.45, 2.75) is 26.3 Å². The molecular formula is C25H22N2O3. The predicted octanol–water partition coefficient (Wildman–Crippen LogP) is 4.43. The lowest BCUT2D eigenvalue weighted by Crippen LogP contribution is -2.42. The summed E-state index contributed by atoms with van der Waals surface area (Å²) in [6.45, 7) is 4.00. The maximum absolute atomic E-state index is 13.3. The van der Waals surface area contributed by atoms with Crippen LogP contribution in [0.25, 0.3) is 21.8 Å². The molecule has 0 aliphatic carbocycles. The minimum Gasteiger partial charge on any atom is -0.480 e. The first kappa shape index (κ1) is 19.6. The first-order valence-electron chi connectivity index (χ1n) is 9.81. The molecule has 2 N–H and O–H groups in total. The molecule has 0 aliphatic rings. The van der Waals surface area contributed by atoms with Crippen LogP contribution in [-0.4, -0.2) is 28.0 Å². The van der Waals surface area contributed by atoms with E-state index in [1.807, 2.05) is 80.6 Å². The minimum atomic E-state index is -1.07. The van der Waals surface area contributed by atoms with Gasteiger partial charge in [0.15, 0.2) is 0 Å². The number of carboxylic acids is 1. The Morgan fingerprint density at radius 2 is 1.50 bits per heavy atom. The van der Waals surface area contributed by atoms with Gasteiger partial charge < -0.3 is 10.4 Å². The average molecular weight is 398 g/mol. The van der Waals surface area contributed by atoms with Crippen molar-refractivity contribution in [3.05, 3.63) is 89.0 Å². The predicted molar refractivity (Wildman–Crippen MR) is 118 cm³/mol. The van der Waals surface area contributed by atoms with E-state index in [1.165, 1.54) is 0 Å². The Morgan fingerprint density at radius 3 is 2.07 bits per heavy atom. The van der Waals surface area contributed by atoms with Crippen LogP contribution in [0.2, 0.25) is 0 Å². The number of carbonyl (C=O) groups excluding carboxylic acids is 1. The Bertz CT molecular complexity index is 1230. The van der Waals surface area contributed by atoms with E-state index in [9.17, 15) is 14.7 Å². The molecule has 150 valence electrons. The number of para-hydroxylation sites is 2. The van der Waals surface area contributed by atoms with Crippen LogP contribution in [0.15, 0.2) is 66.7 Å². The lowest BCUT2D eigenvalue weighted by Gasteiger charge is -2.17. The van der Waals surface area contributed by atoms with Crippen LogP contribution in [0.3, 0.4) is 0 Å². The number of fused-ring (bicyclic) bond motifs is 2. The van der Waals surface area contributed by atoms with Gasteiger partial charge in [0.25, 0.3) is 5.91 Å². The van der Waals surface area contributed by atoms with Crippen molar-refractivity contribution >= 4 is 33.7 Å². The molecule has 30 heavy (non-hydrogen) atoms. The number of benzene rings is 3. The van der Waals surface area contributed by atoms with E-state index in [4.69, 9.17) is 0 Å². The van der Waals surface area contributed by atoms with Gasteiger partial charge in [-0.15, -0.1) is 0 Å². The zero-order valence-electron chi connectivity index (χ0n) is 16.8. The molecule has 0 spiro atoms. The molecule has 4 aromatic rings. The van der Waals surface area contributed by atoms with Crippen LogP contribution >= 0.6 is 0 Å². The highest BCUT2D eigenvalue weighted by atomic mass is 16.4. The summed E-state index contributed by atoms with van der Waals surface area (Å²) < 4.78 is 0. The zero-order chi connectivity index (χ0) is 21.3. The molecule has 0 fully saturated rings. The normalized spacial score (nSPS) is 12.1. The van der Waals surface area contributed by atoms with E-state index >= 15 is 0 Å². The Labute approximate surface area is 174 Å². The second kappa shape index (κ2) is 7.95. The molecule has 0 radical (unpaired) electrons. The summed E-state index contributed by atoms with van der Waals surface area (Å²) in [4.78, 5) is 29.8. The Hall–Kier alpha value is -3.73. The van der Waals surface area contributed by atoms with Gasteiger partial charge in [-0.05, 0) is 42.7 Å². The van der Waals surface area contributed by atoms with Crippen molar-refractivity contribution in [2.24, 2.45) is 0 Å². The summed E-state index contributed by atoms with van der Waals surface area (Å²) in [7, 11) is 0. The number of nitrogens with zero attached hydrogens (tertiary/aromatic N) is 1. The van der Waals surface area contributed by atoms with Gasteiger partial charge in [-0.1, -0.05) is 54.6 Å². The highest BCUT2D eigenvalue weighted by Crippen LogP contribution is 2.26. The number of carbonyl (C=O) groups is 2. The SMILES string of the molecule is Cc1ccc(C[C@@H](NC(=O)c2c3ccccc3nc3ccccc23)C(=O)O)cc1C. The molecule has 0 bridgehead atoms. The summed E-state index contributed by atoms with van der Waals surface area (Å²) >= 11 is 0. The first-order chi connectivity index (χ1) is 14.4. The van der Waals surface area contributed by atoms with Crippen molar-refractivity contribution < 1.29 is 14.7 Å². The molecule has 1 heterocycles. The van der Waals surface area contributed by atoms with Gasteiger partial charge in [0.05, 0.1) is 16.6 Å². The van der Waals surface area contributed by atoms with E-state index in [2.05, 4.69) is 10.3 Å². The van der Waals surface area contributed by atoms with Gasteiger partial charge in [-0.2, -0.15) is 0 Å². The molecule has 5 nitrogen and oxygen atoms in total. The average Bonchev–Trinajstić information content (AvgIpc) is 2.73. The Morgan fingerprint density at radius 1 is 0.900 bits per heavy atom. The van der Waals surface area contributed by atoms with E-state index in [-0.39, 0.29) is 6.42 Å². The molecule has 0 saturated carbocycles. The highest BCUT2D eigenvalue weighted by Gasteiger charge is 2.24. The van der Waals surface area contributed by atoms with Gasteiger partial charge in [-0.25, -0.2) is 9.78 Å². The fraction of sp³-hybridized carbons (Fsp3) is 0.160. The minimum absolute atomic E-state index is 0.211. The van der Waals surface area contributed by atoms with E-state index < -0.39 is 17.9 Å². The van der Waals surface area contributed by atoms with Gasteiger partial charge >= 0.3 is 5.97 Å². The molecule has 5 heteroatoms. The van der Waals surface area contributed by atoms with Crippen molar-refractivity contribution in [3.8, 4) is 0 Å². The number of aromatic nitrogens is 1. The lowest BCUT2D eigenvalue weighted by atomic mass is 9.99. The number of aryl methyl sites for hydroxylation is 2. The second-order valence-corrected chi connectivity index (χ2v) is 7.51. The summed E-state index contributed by atoms with van der Waals surface area (Å²) in [5.74, 6) is -1.48. The monoisotopic (exact) mass is 398 g/mol. The third-order valence-corrected chi connectivity index (χ3v) is 5.43. The fourth-order valence-electron chi connectivity index (χ4n) is 3.68. The standard InChI is InChI=1S/C25H22N2O3/c1-15-11-12-17(13-16(15)2)14-22(25(29)30)27-24(28)23-18-7-3-5-9-20(18)26-21-10-6-4-8-19(21)23/h3-13,22H,14H2,1-2H3,(H,27,28)(H,29,30)/t22-/m1/s1. The Balaban J connectivity index is 1.73. The van der Waals surface area contributed by atoms with Crippen LogP contribution in [0, 0.1) is 13.8 Å². The molecule has 0 aliphatic heterocycles. The third-order valence-electron chi connectivity index (χ3n) is 5.43. The number of rotatable bonds is 5. The third kappa shape index (κ3) is 3.74. The fourth-order valence-corrected chi connectivity index (χ4v) is 3.68. The van der Waals surface area contributed by atoms with Gasteiger partial charge in [-0.3, -0.25) is 4.79 Å². The van der Waals surface area contributed by atoms with Crippen molar-refractivity contribution in [1.82, 2.24) is 10.3 Å². The smallest absolute Gasteiger partial charge is 0.326 e. The van der Waals surface area contributed by atoms with E-state index in [0.717, 1.165) is 16.7 Å². The number of amides is 1. The van der Waals surface area contributed by atoms with Gasteiger partial charge in [0, 0.05) is 17.2 Å². The molecule has 0 saturated heterocycles. The molecule has 3 aromatic carbocycles. The number of carboxylic acid groups (broad SMARTS) is 1. The zero-order valence-corrected chi connectivity index (χ0v) is 16.8. The van der Waals surface area contributed by atoms with E-state index in [1.54, 1.807) is 0 Å². The first-order valence-corrected chi connectivity index (χ1v) is 9.81. The highest BCUT2D eigenvalue weighted by molar-refractivity contribution is 6.16. The summed E-state index contributed by atoms with van der Waals surface area (Å²) in [5.41, 5.74) is 4.95. The quantitative estimate of drug-likeness (QED) is 0.488. The van der Waals surface area contributed by atoms with Crippen LogP contribution in [0.5, 0.6) is 0 Å². The van der Waals surface area contributed by atoms with Crippen molar-refractivity contribution in [1.29, 1.82) is 0 Å². The number of hydrogen-bond donors (Lipinski definition) is 2. The number of aliphatic carboxylic acids is 1. The molecule has 4 rings (SSSR count). The van der Waals surface area contributed by atoms with E-state index in [0.29, 0.717) is 27.4 Å². The topological polar surface area (TPSA) is 79.3 Å². The maximum Gasteiger partial charge on any atom is 0.326 e. The maximum atomic E-state index is 13.3. The largest absolute Gasteiger partial charge is 0.480 e. The molecule has 1 aromatic heterocycles. The van der Waals surface area contributed by atoms with Crippen molar-refractivity contribution in [3.63, 3.8) is 0 Å². The van der Waals surface area contributed by atoms with Crippen molar-refractivity contribution in [2.75, 3.05) is 0 Å². The molecular weight excluding hydrogens is 376 g/mol. The van der Waals surface area contributed by atoms with Crippen LogP contribution in [0.4, 0.5) is 0 Å². The second-order valence-electron chi connectivity index (χ2n) is 7.51. The summed E-state index contributed by atoms with van der Waals surface area (Å²) in [6.07, 6.45) is 0.211. The van der Waals surface area contributed by atoms with Crippen LogP contribution in [-0.2, 0) is 11.2 Å². The summed E-state index contributed by atoms with van der Waals surface area (Å²) in [6, 6.07) is 19.6. The van der Waals surface area contributed by atoms with Crippen LogP contribution in [0.1, 0.15) is 27.0 Å². The molecule has 1 atom stereocenters. The number of hydrogen-bond acceptors (Lipinski definition) is 3. The van der Waals surface area contributed by atoms with Gasteiger partial charge in [0.1, 0.15) is 6.04 Å². The number of pyridine rings is 1. The van der Waals surface area contributed by atoms with Crippen LogP contribution < -0.4 is 5.32 Å².